The van der Waals surface area contributed by atoms with Crippen LogP contribution in [-0.2, 0) is 14.3 Å². The van der Waals surface area contributed by atoms with Gasteiger partial charge in [-0.25, -0.2) is 4.79 Å². The van der Waals surface area contributed by atoms with Crippen molar-refractivity contribution < 1.29 is 24.2 Å². The molecule has 7 heteroatoms. The van der Waals surface area contributed by atoms with E-state index in [-0.39, 0.29) is 49.7 Å². The van der Waals surface area contributed by atoms with Crippen LogP contribution in [0.3, 0.4) is 0 Å². The predicted molar refractivity (Wildman–Crippen MR) is 119 cm³/mol. The van der Waals surface area contributed by atoms with Gasteiger partial charge in [0.25, 0.3) is 0 Å². The van der Waals surface area contributed by atoms with Crippen LogP contribution >= 0.6 is 0 Å². The minimum atomic E-state index is -0.840. The number of fused-ring (bicyclic) bond motifs is 3. The Bertz CT molecular complexity index is 975. The number of nitrogens with one attached hydrogen (secondary N) is 1. The first-order chi connectivity index (χ1) is 15.4. The minimum absolute atomic E-state index is 0.00737. The van der Waals surface area contributed by atoms with Crippen LogP contribution in [-0.4, -0.2) is 54.2 Å². The molecule has 32 heavy (non-hydrogen) atoms. The summed E-state index contributed by atoms with van der Waals surface area (Å²) < 4.78 is 5.48. The lowest BCUT2D eigenvalue weighted by atomic mass is 9.95. The van der Waals surface area contributed by atoms with Crippen LogP contribution < -0.4 is 5.32 Å². The van der Waals surface area contributed by atoms with E-state index >= 15 is 0 Å². The molecule has 1 heterocycles. The summed E-state index contributed by atoms with van der Waals surface area (Å²) >= 11 is 0. The molecule has 0 saturated carbocycles. The van der Waals surface area contributed by atoms with Gasteiger partial charge in [-0.1, -0.05) is 55.5 Å². The Labute approximate surface area is 187 Å². The number of hydrogen-bond acceptors (Lipinski definition) is 4. The standard InChI is InChI=1S/C25H28N2O5/c1-16-13-27(14-17(16)12-24(29)30)23(28)10-11-26-25(31)32-15-22-20-8-4-2-6-18(20)19-7-3-5-9-21(19)22/h2-9,16-17,22H,10-15H2,1H3,(H,26,31)(H,29,30)/t16-,17-/m1/s1. The number of amides is 2. The summed E-state index contributed by atoms with van der Waals surface area (Å²) in [5.41, 5.74) is 4.64. The fourth-order valence-corrected chi connectivity index (χ4v) is 4.81. The first kappa shape index (κ1) is 21.9. The zero-order valence-corrected chi connectivity index (χ0v) is 18.1. The molecule has 1 aliphatic heterocycles. The lowest BCUT2D eigenvalue weighted by molar-refractivity contribution is -0.138. The van der Waals surface area contributed by atoms with Gasteiger partial charge in [0, 0.05) is 32.0 Å². The first-order valence-electron chi connectivity index (χ1n) is 11.0. The SMILES string of the molecule is C[C@@H]1CN(C(=O)CCNC(=O)OCC2c3ccccc3-c3ccccc32)C[C@H]1CC(=O)O. The average molecular weight is 437 g/mol. The van der Waals surface area contributed by atoms with Gasteiger partial charge in [0.05, 0.1) is 6.42 Å². The molecule has 2 amide bonds. The number of carboxylic acid groups (broad SMARTS) is 1. The molecule has 7 nitrogen and oxygen atoms in total. The minimum Gasteiger partial charge on any atom is -0.481 e. The number of carbonyl (C=O) groups excluding carboxylic acids is 2. The number of alkyl carbamates (subject to hydrolysis) is 1. The molecule has 0 aromatic heterocycles. The summed E-state index contributed by atoms with van der Waals surface area (Å²) in [4.78, 5) is 37.3. The molecule has 1 aliphatic carbocycles. The summed E-state index contributed by atoms with van der Waals surface area (Å²) in [5.74, 6) is -0.791. The lowest BCUT2D eigenvalue weighted by Crippen LogP contribution is -2.34. The van der Waals surface area contributed by atoms with Gasteiger partial charge in [0.1, 0.15) is 6.61 Å². The molecule has 0 bridgehead atoms. The Hall–Kier alpha value is -3.35. The molecule has 0 unspecified atom stereocenters. The van der Waals surface area contributed by atoms with Gasteiger partial charge in [-0.3, -0.25) is 9.59 Å². The normalized spacial score (nSPS) is 19.3. The molecule has 1 fully saturated rings. The maximum absolute atomic E-state index is 12.4. The second-order valence-electron chi connectivity index (χ2n) is 8.64. The summed E-state index contributed by atoms with van der Waals surface area (Å²) in [6.07, 6.45) is -0.308. The van der Waals surface area contributed by atoms with Gasteiger partial charge < -0.3 is 20.1 Å². The van der Waals surface area contributed by atoms with Gasteiger partial charge in [-0.15, -0.1) is 0 Å². The van der Waals surface area contributed by atoms with Crippen LogP contribution in [0, 0.1) is 11.8 Å². The van der Waals surface area contributed by atoms with Crippen LogP contribution in [0.2, 0.25) is 0 Å². The van der Waals surface area contributed by atoms with Crippen molar-refractivity contribution in [3.8, 4) is 11.1 Å². The largest absolute Gasteiger partial charge is 0.481 e. The van der Waals surface area contributed by atoms with E-state index in [2.05, 4.69) is 29.6 Å². The van der Waals surface area contributed by atoms with E-state index in [1.807, 2.05) is 31.2 Å². The molecule has 168 valence electrons. The van der Waals surface area contributed by atoms with E-state index in [0.29, 0.717) is 13.1 Å². The molecule has 2 aliphatic rings. The Morgan fingerprint density at radius 2 is 1.66 bits per heavy atom. The van der Waals surface area contributed by atoms with Crippen molar-refractivity contribution in [1.82, 2.24) is 10.2 Å². The van der Waals surface area contributed by atoms with Crippen molar-refractivity contribution in [3.63, 3.8) is 0 Å². The van der Waals surface area contributed by atoms with Crippen molar-refractivity contribution in [1.29, 1.82) is 0 Å². The molecule has 1 saturated heterocycles. The fourth-order valence-electron chi connectivity index (χ4n) is 4.81. The third-order valence-electron chi connectivity index (χ3n) is 6.51. The first-order valence-corrected chi connectivity index (χ1v) is 11.0. The van der Waals surface area contributed by atoms with Crippen LogP contribution in [0.25, 0.3) is 11.1 Å². The number of carboxylic acids is 1. The summed E-state index contributed by atoms with van der Waals surface area (Å²) in [6.45, 7) is 3.40. The quantitative estimate of drug-likeness (QED) is 0.693. The zero-order valence-electron chi connectivity index (χ0n) is 18.1. The molecule has 0 radical (unpaired) electrons. The van der Waals surface area contributed by atoms with E-state index < -0.39 is 12.1 Å². The number of likely N-dealkylation sites (tertiary alicyclic amines) is 1. The predicted octanol–water partition coefficient (Wildman–Crippen LogP) is 3.48. The Kier molecular flexibility index (Phi) is 6.44. The van der Waals surface area contributed by atoms with Crippen LogP contribution in [0.5, 0.6) is 0 Å². The molecule has 2 N–H and O–H groups in total. The number of aliphatic carboxylic acids is 1. The molecule has 2 atom stereocenters. The zero-order chi connectivity index (χ0) is 22.7. The third kappa shape index (κ3) is 4.61. The lowest BCUT2D eigenvalue weighted by Gasteiger charge is -2.17. The van der Waals surface area contributed by atoms with Crippen LogP contribution in [0.4, 0.5) is 4.79 Å². The summed E-state index contributed by atoms with van der Waals surface area (Å²) in [7, 11) is 0. The molecular formula is C25H28N2O5. The number of nitrogens with zero attached hydrogens (tertiary/aromatic N) is 1. The third-order valence-corrected chi connectivity index (χ3v) is 6.51. The van der Waals surface area contributed by atoms with Crippen LogP contribution in [0.15, 0.2) is 48.5 Å². The monoisotopic (exact) mass is 436 g/mol. The van der Waals surface area contributed by atoms with Gasteiger partial charge in [0.2, 0.25) is 5.91 Å². The van der Waals surface area contributed by atoms with Gasteiger partial charge in [-0.05, 0) is 34.1 Å². The Balaban J connectivity index is 1.24. The van der Waals surface area contributed by atoms with Crippen molar-refractivity contribution in [2.45, 2.75) is 25.7 Å². The van der Waals surface area contributed by atoms with Gasteiger partial charge in [-0.2, -0.15) is 0 Å². The van der Waals surface area contributed by atoms with E-state index in [0.717, 1.165) is 11.1 Å². The van der Waals surface area contributed by atoms with Crippen LogP contribution in [0.1, 0.15) is 36.8 Å². The second-order valence-corrected chi connectivity index (χ2v) is 8.64. The topological polar surface area (TPSA) is 95.9 Å². The maximum atomic E-state index is 12.4. The fraction of sp³-hybridized carbons (Fsp3) is 0.400. The van der Waals surface area contributed by atoms with Gasteiger partial charge in [0.15, 0.2) is 0 Å². The number of carbonyl (C=O) groups is 3. The molecule has 2 aromatic rings. The maximum Gasteiger partial charge on any atom is 0.407 e. The highest BCUT2D eigenvalue weighted by atomic mass is 16.5. The number of benzene rings is 2. The highest BCUT2D eigenvalue weighted by molar-refractivity contribution is 5.79. The molecule has 2 aromatic carbocycles. The van der Waals surface area contributed by atoms with E-state index in [1.54, 1.807) is 4.90 Å². The Morgan fingerprint density at radius 1 is 1.03 bits per heavy atom. The number of ether oxygens (including phenoxy) is 1. The Morgan fingerprint density at radius 3 is 2.28 bits per heavy atom. The molecule has 0 spiro atoms. The smallest absolute Gasteiger partial charge is 0.407 e. The average Bonchev–Trinajstić information content (AvgIpc) is 3.30. The summed E-state index contributed by atoms with van der Waals surface area (Å²) in [6, 6.07) is 16.3. The molecule has 4 rings (SSSR count). The molecular weight excluding hydrogens is 408 g/mol. The summed E-state index contributed by atoms with van der Waals surface area (Å²) in [5, 5.41) is 11.7. The van der Waals surface area contributed by atoms with Crippen molar-refractivity contribution >= 4 is 18.0 Å². The van der Waals surface area contributed by atoms with E-state index in [4.69, 9.17) is 9.84 Å². The number of hydrogen-bond donors (Lipinski definition) is 2. The number of rotatable bonds is 7. The highest BCUT2D eigenvalue weighted by Crippen LogP contribution is 2.44. The second kappa shape index (κ2) is 9.42. The van der Waals surface area contributed by atoms with Gasteiger partial charge >= 0.3 is 12.1 Å². The van der Waals surface area contributed by atoms with Crippen molar-refractivity contribution in [3.05, 3.63) is 59.7 Å². The van der Waals surface area contributed by atoms with Crippen molar-refractivity contribution in [2.24, 2.45) is 11.8 Å². The van der Waals surface area contributed by atoms with Crippen molar-refractivity contribution in [2.75, 3.05) is 26.2 Å². The highest BCUT2D eigenvalue weighted by Gasteiger charge is 2.33. The van der Waals surface area contributed by atoms with E-state index in [1.165, 1.54) is 11.1 Å². The van der Waals surface area contributed by atoms with E-state index in [9.17, 15) is 14.4 Å².